The fourth-order valence-electron chi connectivity index (χ4n) is 3.59. The van der Waals surface area contributed by atoms with E-state index in [1.165, 1.54) is 6.07 Å². The molecule has 1 aliphatic heterocycles. The Morgan fingerprint density at radius 2 is 2.08 bits per heavy atom. The number of nitrogens with zero attached hydrogens (tertiary/aromatic N) is 5. The highest BCUT2D eigenvalue weighted by molar-refractivity contribution is 5.99. The third-order valence-electron chi connectivity index (χ3n) is 4.80. The molecule has 0 spiro atoms. The van der Waals surface area contributed by atoms with Crippen molar-refractivity contribution in [2.45, 2.75) is 25.8 Å². The van der Waals surface area contributed by atoms with Crippen molar-refractivity contribution in [3.63, 3.8) is 0 Å². The summed E-state index contributed by atoms with van der Waals surface area (Å²) in [6.45, 7) is 2.18. The molecule has 4 rings (SSSR count). The van der Waals surface area contributed by atoms with E-state index in [9.17, 15) is 14.9 Å². The van der Waals surface area contributed by atoms with Crippen LogP contribution in [-0.2, 0) is 0 Å². The van der Waals surface area contributed by atoms with Crippen molar-refractivity contribution in [1.82, 2.24) is 19.5 Å². The summed E-state index contributed by atoms with van der Waals surface area (Å²) in [5, 5.41) is 19.9. The van der Waals surface area contributed by atoms with Crippen LogP contribution in [0.15, 0.2) is 42.6 Å². The van der Waals surface area contributed by atoms with E-state index in [4.69, 9.17) is 0 Å². The van der Waals surface area contributed by atoms with Gasteiger partial charge in [-0.1, -0.05) is 18.2 Å². The van der Waals surface area contributed by atoms with Crippen LogP contribution in [0.1, 0.15) is 40.6 Å². The van der Waals surface area contributed by atoms with E-state index in [2.05, 4.69) is 10.2 Å². The summed E-state index contributed by atoms with van der Waals surface area (Å²) < 4.78 is 1.86. The standard InChI is InChI=1S/C18H17N5O3/c1-12-6-4-7-13(16(12)23(25)26)18(24)21-11-5-8-14(21)17-20-19-15-9-2-3-10-22(15)17/h2-4,6-7,9-10,14H,5,8,11H2,1H3. The molecule has 3 aromatic rings. The molecule has 1 fully saturated rings. The second-order valence-corrected chi connectivity index (χ2v) is 6.37. The van der Waals surface area contributed by atoms with Crippen LogP contribution in [0.4, 0.5) is 5.69 Å². The molecule has 1 saturated heterocycles. The highest BCUT2D eigenvalue weighted by Crippen LogP contribution is 2.34. The number of likely N-dealkylation sites (tertiary alicyclic amines) is 1. The second kappa shape index (κ2) is 6.21. The van der Waals surface area contributed by atoms with Crippen molar-refractivity contribution < 1.29 is 9.72 Å². The molecule has 8 nitrogen and oxygen atoms in total. The zero-order valence-electron chi connectivity index (χ0n) is 14.2. The number of amides is 1. The summed E-state index contributed by atoms with van der Waals surface area (Å²) in [5.41, 5.74) is 1.18. The van der Waals surface area contributed by atoms with Gasteiger partial charge in [0.25, 0.3) is 11.6 Å². The molecular formula is C18H17N5O3. The Labute approximate surface area is 149 Å². The van der Waals surface area contributed by atoms with E-state index in [0.717, 1.165) is 12.8 Å². The van der Waals surface area contributed by atoms with E-state index >= 15 is 0 Å². The number of para-hydroxylation sites is 1. The number of benzene rings is 1. The minimum Gasteiger partial charge on any atom is -0.328 e. The molecule has 8 heteroatoms. The van der Waals surface area contributed by atoms with Crippen molar-refractivity contribution in [2.24, 2.45) is 0 Å². The molecule has 1 aliphatic rings. The number of hydrogen-bond donors (Lipinski definition) is 0. The smallest absolute Gasteiger partial charge is 0.285 e. The molecule has 0 saturated carbocycles. The first-order valence-electron chi connectivity index (χ1n) is 8.42. The number of aromatic nitrogens is 3. The van der Waals surface area contributed by atoms with Crippen LogP contribution in [0.5, 0.6) is 0 Å². The molecule has 1 unspecified atom stereocenters. The summed E-state index contributed by atoms with van der Waals surface area (Å²) in [5.74, 6) is 0.345. The van der Waals surface area contributed by atoms with Crippen LogP contribution < -0.4 is 0 Å². The van der Waals surface area contributed by atoms with Gasteiger partial charge >= 0.3 is 0 Å². The van der Waals surface area contributed by atoms with Crippen molar-refractivity contribution in [3.05, 3.63) is 69.7 Å². The molecule has 26 heavy (non-hydrogen) atoms. The molecule has 0 aliphatic carbocycles. The predicted molar refractivity (Wildman–Crippen MR) is 93.8 cm³/mol. The maximum Gasteiger partial charge on any atom is 0.285 e. The van der Waals surface area contributed by atoms with Crippen molar-refractivity contribution in [3.8, 4) is 0 Å². The maximum atomic E-state index is 13.1. The monoisotopic (exact) mass is 351 g/mol. The quantitative estimate of drug-likeness (QED) is 0.534. The fourth-order valence-corrected chi connectivity index (χ4v) is 3.59. The molecule has 1 atom stereocenters. The summed E-state index contributed by atoms with van der Waals surface area (Å²) in [7, 11) is 0. The van der Waals surface area contributed by atoms with Gasteiger partial charge in [0.05, 0.1) is 11.0 Å². The van der Waals surface area contributed by atoms with Crippen molar-refractivity contribution in [1.29, 1.82) is 0 Å². The van der Waals surface area contributed by atoms with Gasteiger partial charge < -0.3 is 4.90 Å². The first-order valence-corrected chi connectivity index (χ1v) is 8.42. The van der Waals surface area contributed by atoms with Gasteiger partial charge in [0.15, 0.2) is 11.5 Å². The van der Waals surface area contributed by atoms with Crippen LogP contribution in [0.3, 0.4) is 0 Å². The Morgan fingerprint density at radius 1 is 1.23 bits per heavy atom. The van der Waals surface area contributed by atoms with Gasteiger partial charge in [0, 0.05) is 18.3 Å². The van der Waals surface area contributed by atoms with Crippen molar-refractivity contribution >= 4 is 17.2 Å². The molecule has 1 amide bonds. The summed E-state index contributed by atoms with van der Waals surface area (Å²) >= 11 is 0. The van der Waals surface area contributed by atoms with Gasteiger partial charge in [-0.25, -0.2) is 0 Å². The molecule has 1 aromatic carbocycles. The Balaban J connectivity index is 1.75. The Morgan fingerprint density at radius 3 is 2.88 bits per heavy atom. The molecular weight excluding hydrogens is 334 g/mol. The summed E-state index contributed by atoms with van der Waals surface area (Å²) in [6.07, 6.45) is 3.43. The normalized spacial score (nSPS) is 17.0. The number of aryl methyl sites for hydroxylation is 1. The number of carbonyl (C=O) groups excluding carboxylic acids is 1. The lowest BCUT2D eigenvalue weighted by Gasteiger charge is -2.23. The molecule has 0 N–H and O–H groups in total. The minimum absolute atomic E-state index is 0.121. The number of fused-ring (bicyclic) bond motifs is 1. The molecule has 2 aromatic heterocycles. The second-order valence-electron chi connectivity index (χ2n) is 6.37. The summed E-state index contributed by atoms with van der Waals surface area (Å²) in [6, 6.07) is 10.2. The number of rotatable bonds is 3. The first-order chi connectivity index (χ1) is 12.6. The van der Waals surface area contributed by atoms with Crippen LogP contribution in [0.2, 0.25) is 0 Å². The van der Waals surface area contributed by atoms with Gasteiger partial charge in [0.1, 0.15) is 5.56 Å². The SMILES string of the molecule is Cc1cccc(C(=O)N2CCCC2c2nnc3ccccn23)c1[N+](=O)[O-]. The number of nitro groups is 1. The van der Waals surface area contributed by atoms with E-state index in [1.54, 1.807) is 24.0 Å². The predicted octanol–water partition coefficient (Wildman–Crippen LogP) is 2.92. The van der Waals surface area contributed by atoms with Crippen LogP contribution >= 0.6 is 0 Å². The minimum atomic E-state index is -0.486. The third-order valence-corrected chi connectivity index (χ3v) is 4.80. The lowest BCUT2D eigenvalue weighted by atomic mass is 10.1. The fraction of sp³-hybridized carbons (Fsp3) is 0.278. The number of nitro benzene ring substituents is 1. The van der Waals surface area contributed by atoms with Crippen LogP contribution in [0.25, 0.3) is 5.65 Å². The van der Waals surface area contributed by atoms with Crippen molar-refractivity contribution in [2.75, 3.05) is 6.54 Å². The molecule has 3 heterocycles. The van der Waals surface area contributed by atoms with Gasteiger partial charge in [-0.15, -0.1) is 10.2 Å². The topological polar surface area (TPSA) is 93.6 Å². The molecule has 132 valence electrons. The largest absolute Gasteiger partial charge is 0.328 e. The van der Waals surface area contributed by atoms with Gasteiger partial charge in [-0.05, 0) is 38.0 Å². The Hall–Kier alpha value is -3.29. The lowest BCUT2D eigenvalue weighted by molar-refractivity contribution is -0.385. The maximum absolute atomic E-state index is 13.1. The molecule has 0 radical (unpaired) electrons. The number of pyridine rings is 1. The zero-order chi connectivity index (χ0) is 18.3. The zero-order valence-corrected chi connectivity index (χ0v) is 14.2. The summed E-state index contributed by atoms with van der Waals surface area (Å²) in [4.78, 5) is 25.8. The Bertz CT molecular complexity index is 1010. The average Bonchev–Trinajstić information content (AvgIpc) is 3.27. The van der Waals surface area contributed by atoms with Gasteiger partial charge in [0.2, 0.25) is 0 Å². The number of carbonyl (C=O) groups is 1. The first kappa shape index (κ1) is 16.2. The third kappa shape index (κ3) is 2.50. The van der Waals surface area contributed by atoms with Gasteiger partial charge in [-0.2, -0.15) is 0 Å². The van der Waals surface area contributed by atoms with Gasteiger partial charge in [-0.3, -0.25) is 19.3 Å². The van der Waals surface area contributed by atoms with E-state index < -0.39 is 4.92 Å². The molecule has 0 bridgehead atoms. The average molecular weight is 351 g/mol. The lowest BCUT2D eigenvalue weighted by Crippen LogP contribution is -2.32. The van der Waals surface area contributed by atoms with Crippen LogP contribution in [-0.4, -0.2) is 36.9 Å². The van der Waals surface area contributed by atoms with E-state index in [0.29, 0.717) is 23.6 Å². The highest BCUT2D eigenvalue weighted by atomic mass is 16.6. The van der Waals surface area contributed by atoms with Crippen LogP contribution in [0, 0.1) is 17.0 Å². The highest BCUT2D eigenvalue weighted by Gasteiger charge is 2.36. The van der Waals surface area contributed by atoms with E-state index in [1.807, 2.05) is 28.8 Å². The number of hydrogen-bond acceptors (Lipinski definition) is 5. The van der Waals surface area contributed by atoms with E-state index in [-0.39, 0.29) is 23.2 Å². The Kier molecular flexibility index (Phi) is 3.87.